The number of hydrogen-bond donors (Lipinski definition) is 0. The van der Waals surface area contributed by atoms with Crippen LogP contribution in [0.4, 0.5) is 0 Å². The number of furan rings is 1. The average molecular weight is 334 g/mol. The summed E-state index contributed by atoms with van der Waals surface area (Å²) in [5.41, 5.74) is 0.765. The van der Waals surface area contributed by atoms with Crippen molar-refractivity contribution in [2.24, 2.45) is 0 Å². The van der Waals surface area contributed by atoms with Crippen LogP contribution >= 0.6 is 0 Å². The van der Waals surface area contributed by atoms with Gasteiger partial charge in [0.15, 0.2) is 5.76 Å². The molecule has 122 valence electrons. The fourth-order valence-electron chi connectivity index (χ4n) is 2.60. The predicted molar refractivity (Wildman–Crippen MR) is 85.3 cm³/mol. The van der Waals surface area contributed by atoms with Gasteiger partial charge in [0.1, 0.15) is 0 Å². The second kappa shape index (κ2) is 6.55. The fraction of sp³-hybridized carbons (Fsp3) is 0.312. The van der Waals surface area contributed by atoms with E-state index in [0.717, 1.165) is 5.56 Å². The van der Waals surface area contributed by atoms with Gasteiger partial charge in [0, 0.05) is 26.2 Å². The highest BCUT2D eigenvalue weighted by Crippen LogP contribution is 2.15. The molecule has 0 saturated carbocycles. The molecule has 23 heavy (non-hydrogen) atoms. The molecule has 0 atom stereocenters. The zero-order valence-electron chi connectivity index (χ0n) is 12.6. The van der Waals surface area contributed by atoms with Crippen molar-refractivity contribution in [2.45, 2.75) is 5.75 Å². The Kier molecular flexibility index (Phi) is 4.49. The van der Waals surface area contributed by atoms with Crippen molar-refractivity contribution >= 4 is 15.9 Å². The van der Waals surface area contributed by atoms with Crippen molar-refractivity contribution < 1.29 is 17.6 Å². The number of carbonyl (C=O) groups is 1. The number of benzene rings is 1. The zero-order chi connectivity index (χ0) is 16.3. The Hall–Kier alpha value is -2.12. The monoisotopic (exact) mass is 334 g/mol. The average Bonchev–Trinajstić information content (AvgIpc) is 3.09. The van der Waals surface area contributed by atoms with Gasteiger partial charge in [-0.05, 0) is 17.7 Å². The molecule has 0 aliphatic carbocycles. The van der Waals surface area contributed by atoms with Crippen molar-refractivity contribution in [1.29, 1.82) is 0 Å². The largest absolute Gasteiger partial charge is 0.459 e. The number of piperazine rings is 1. The molecule has 2 heterocycles. The number of rotatable bonds is 4. The molecule has 0 unspecified atom stereocenters. The van der Waals surface area contributed by atoms with Gasteiger partial charge in [-0.15, -0.1) is 0 Å². The minimum Gasteiger partial charge on any atom is -0.459 e. The van der Waals surface area contributed by atoms with Gasteiger partial charge >= 0.3 is 0 Å². The van der Waals surface area contributed by atoms with Crippen molar-refractivity contribution in [3.63, 3.8) is 0 Å². The van der Waals surface area contributed by atoms with Crippen molar-refractivity contribution in [2.75, 3.05) is 26.2 Å². The highest BCUT2D eigenvalue weighted by atomic mass is 32.2. The van der Waals surface area contributed by atoms with E-state index in [4.69, 9.17) is 4.42 Å². The Balaban J connectivity index is 1.61. The minimum absolute atomic E-state index is 0.0139. The highest BCUT2D eigenvalue weighted by molar-refractivity contribution is 7.88. The summed E-state index contributed by atoms with van der Waals surface area (Å²) in [5.74, 6) is 0.0701. The molecule has 0 spiro atoms. The smallest absolute Gasteiger partial charge is 0.289 e. The molecule has 1 aromatic heterocycles. The topological polar surface area (TPSA) is 70.8 Å². The SMILES string of the molecule is O=C(c1ccco1)N1CCN(S(=O)(=O)Cc2ccccc2)CC1. The maximum absolute atomic E-state index is 12.5. The Labute approximate surface area is 135 Å². The molecule has 1 amide bonds. The minimum atomic E-state index is -3.37. The van der Waals surface area contributed by atoms with Crippen LogP contribution in [0.3, 0.4) is 0 Å². The molecule has 1 aliphatic heterocycles. The van der Waals surface area contributed by atoms with Crippen LogP contribution in [0, 0.1) is 0 Å². The lowest BCUT2D eigenvalue weighted by atomic mass is 10.2. The van der Waals surface area contributed by atoms with Gasteiger partial charge < -0.3 is 9.32 Å². The van der Waals surface area contributed by atoms with Gasteiger partial charge in [0.05, 0.1) is 12.0 Å². The van der Waals surface area contributed by atoms with Gasteiger partial charge in [-0.25, -0.2) is 8.42 Å². The number of amides is 1. The zero-order valence-corrected chi connectivity index (χ0v) is 13.4. The van der Waals surface area contributed by atoms with E-state index in [0.29, 0.717) is 26.2 Å². The van der Waals surface area contributed by atoms with E-state index in [-0.39, 0.29) is 17.4 Å². The van der Waals surface area contributed by atoms with Gasteiger partial charge in [-0.2, -0.15) is 4.31 Å². The van der Waals surface area contributed by atoms with Crippen LogP contribution in [0.2, 0.25) is 0 Å². The summed E-state index contributed by atoms with van der Waals surface area (Å²) in [6, 6.07) is 12.4. The molecule has 7 heteroatoms. The molecular formula is C16H18N2O4S. The Morgan fingerprint density at radius 1 is 1.00 bits per heavy atom. The predicted octanol–water partition coefficient (Wildman–Crippen LogP) is 1.57. The lowest BCUT2D eigenvalue weighted by Gasteiger charge is -2.33. The number of sulfonamides is 1. The summed E-state index contributed by atoms with van der Waals surface area (Å²) >= 11 is 0. The van der Waals surface area contributed by atoms with Crippen LogP contribution in [0.25, 0.3) is 0 Å². The van der Waals surface area contributed by atoms with Crippen LogP contribution in [0.5, 0.6) is 0 Å². The van der Waals surface area contributed by atoms with Gasteiger partial charge in [-0.3, -0.25) is 4.79 Å². The highest BCUT2D eigenvalue weighted by Gasteiger charge is 2.29. The van der Waals surface area contributed by atoms with E-state index in [1.165, 1.54) is 10.6 Å². The molecule has 0 N–H and O–H groups in total. The summed E-state index contributed by atoms with van der Waals surface area (Å²) in [6.07, 6.45) is 1.45. The maximum Gasteiger partial charge on any atom is 0.289 e. The second-order valence-corrected chi connectivity index (χ2v) is 7.38. The summed E-state index contributed by atoms with van der Waals surface area (Å²) in [7, 11) is -3.37. The Morgan fingerprint density at radius 2 is 1.70 bits per heavy atom. The van der Waals surface area contributed by atoms with E-state index in [1.807, 2.05) is 18.2 Å². The van der Waals surface area contributed by atoms with E-state index in [9.17, 15) is 13.2 Å². The normalized spacial score (nSPS) is 16.4. The maximum atomic E-state index is 12.5. The fourth-order valence-corrected chi connectivity index (χ4v) is 4.12. The first-order valence-corrected chi connectivity index (χ1v) is 9.02. The van der Waals surface area contributed by atoms with Crippen molar-refractivity contribution in [3.8, 4) is 0 Å². The molecule has 1 aliphatic rings. The van der Waals surface area contributed by atoms with Crippen LogP contribution in [-0.2, 0) is 15.8 Å². The first kappa shape index (κ1) is 15.8. The summed E-state index contributed by atoms with van der Waals surface area (Å²) in [5, 5.41) is 0. The molecule has 1 aromatic carbocycles. The Morgan fingerprint density at radius 3 is 2.30 bits per heavy atom. The standard InChI is InChI=1S/C16H18N2O4S/c19-16(15-7-4-12-22-15)17-8-10-18(11-9-17)23(20,21)13-14-5-2-1-3-6-14/h1-7,12H,8-11,13H2. The first-order valence-electron chi connectivity index (χ1n) is 7.41. The summed E-state index contributed by atoms with van der Waals surface area (Å²) in [6.45, 7) is 1.35. The van der Waals surface area contributed by atoms with Crippen molar-refractivity contribution in [1.82, 2.24) is 9.21 Å². The van der Waals surface area contributed by atoms with Crippen LogP contribution < -0.4 is 0 Å². The van der Waals surface area contributed by atoms with Gasteiger partial charge in [0.2, 0.25) is 10.0 Å². The van der Waals surface area contributed by atoms with Gasteiger partial charge in [-0.1, -0.05) is 30.3 Å². The quantitative estimate of drug-likeness (QED) is 0.851. The molecule has 6 nitrogen and oxygen atoms in total. The molecular weight excluding hydrogens is 316 g/mol. The van der Waals surface area contributed by atoms with E-state index < -0.39 is 10.0 Å². The van der Waals surface area contributed by atoms with Crippen LogP contribution in [0.15, 0.2) is 53.1 Å². The number of nitrogens with zero attached hydrogens (tertiary/aromatic N) is 2. The number of carbonyl (C=O) groups excluding carboxylic acids is 1. The summed E-state index contributed by atoms with van der Waals surface area (Å²) in [4.78, 5) is 13.8. The van der Waals surface area contributed by atoms with E-state index in [1.54, 1.807) is 29.2 Å². The molecule has 1 fully saturated rings. The van der Waals surface area contributed by atoms with Crippen molar-refractivity contribution in [3.05, 3.63) is 60.1 Å². The third-order valence-corrected chi connectivity index (χ3v) is 5.69. The molecule has 1 saturated heterocycles. The van der Waals surface area contributed by atoms with Crippen LogP contribution in [-0.4, -0.2) is 49.7 Å². The Bertz CT molecular complexity index is 749. The second-order valence-electron chi connectivity index (χ2n) is 5.41. The molecule has 0 radical (unpaired) electrons. The third-order valence-electron chi connectivity index (χ3n) is 3.84. The molecule has 2 aromatic rings. The summed E-state index contributed by atoms with van der Waals surface area (Å²) < 4.78 is 31.5. The van der Waals surface area contributed by atoms with E-state index in [2.05, 4.69) is 0 Å². The van der Waals surface area contributed by atoms with E-state index >= 15 is 0 Å². The molecule has 0 bridgehead atoms. The van der Waals surface area contributed by atoms with Gasteiger partial charge in [0.25, 0.3) is 5.91 Å². The number of hydrogen-bond acceptors (Lipinski definition) is 4. The third kappa shape index (κ3) is 3.62. The lowest BCUT2D eigenvalue weighted by molar-refractivity contribution is 0.0666. The lowest BCUT2D eigenvalue weighted by Crippen LogP contribution is -2.50. The first-order chi connectivity index (χ1) is 11.1. The molecule has 3 rings (SSSR count). The van der Waals surface area contributed by atoms with Crippen LogP contribution in [0.1, 0.15) is 16.1 Å².